The number of hydrazine groups is 2. The van der Waals surface area contributed by atoms with Crippen LogP contribution in [0.2, 0.25) is 0 Å². The Labute approximate surface area is 185 Å². The fraction of sp³-hybridized carbons (Fsp3) is 0.391. The number of rotatable bonds is 6. The summed E-state index contributed by atoms with van der Waals surface area (Å²) in [5, 5.41) is 0. The first-order chi connectivity index (χ1) is 14.3. The zero-order valence-electron chi connectivity index (χ0n) is 19.0. The molecule has 0 aliphatic carbocycles. The second-order valence-electron chi connectivity index (χ2n) is 7.30. The van der Waals surface area contributed by atoms with Gasteiger partial charge in [-0.1, -0.05) is 88.4 Å². The highest BCUT2D eigenvalue weighted by molar-refractivity contribution is 5.83. The van der Waals surface area contributed by atoms with Crippen LogP contribution in [-0.4, -0.2) is 24.5 Å². The maximum atomic E-state index is 11.5. The zero-order valence-corrected chi connectivity index (χ0v) is 19.0. The summed E-state index contributed by atoms with van der Waals surface area (Å²) in [5.74, 6) is 13.0. The maximum absolute atomic E-state index is 11.5. The summed E-state index contributed by atoms with van der Waals surface area (Å²) in [6.07, 6.45) is 0. The Balaban J connectivity index is 0. The van der Waals surface area contributed by atoms with Gasteiger partial charge in [-0.2, -0.15) is 0 Å². The number of hydrogen-bond acceptors (Lipinski definition) is 6. The number of nitrogens with two attached hydrogens (primary N) is 3. The first kappa shape index (κ1) is 30.4. The van der Waals surface area contributed by atoms with Crippen molar-refractivity contribution in [1.82, 2.24) is 5.43 Å². The van der Waals surface area contributed by atoms with Crippen molar-refractivity contribution >= 4 is 11.9 Å². The molecule has 2 unspecified atom stereocenters. The van der Waals surface area contributed by atoms with E-state index in [9.17, 15) is 9.59 Å². The lowest BCUT2D eigenvalue weighted by Crippen LogP contribution is -2.36. The molecule has 0 bridgehead atoms. The first-order valence-electron chi connectivity index (χ1n) is 9.84. The summed E-state index contributed by atoms with van der Waals surface area (Å²) in [6.45, 7) is 8.06. The summed E-state index contributed by atoms with van der Waals surface area (Å²) >= 11 is 0. The van der Waals surface area contributed by atoms with Gasteiger partial charge in [0.15, 0.2) is 0 Å². The van der Waals surface area contributed by atoms with E-state index in [0.29, 0.717) is 0 Å². The Hall–Kier alpha value is -2.78. The number of hydrogen-bond donors (Lipinski definition) is 4. The van der Waals surface area contributed by atoms with E-state index in [1.807, 2.05) is 88.4 Å². The van der Waals surface area contributed by atoms with Gasteiger partial charge in [0.2, 0.25) is 5.91 Å². The average molecular weight is 435 g/mol. The number of methoxy groups -OCH3 is 1. The third kappa shape index (κ3) is 10.2. The average Bonchev–Trinajstić information content (AvgIpc) is 2.76. The smallest absolute Gasteiger partial charge is 0.313 e. The van der Waals surface area contributed by atoms with Crippen molar-refractivity contribution in [1.29, 1.82) is 0 Å². The van der Waals surface area contributed by atoms with E-state index in [1.54, 1.807) is 0 Å². The third-order valence-corrected chi connectivity index (χ3v) is 4.53. The van der Waals surface area contributed by atoms with E-state index in [4.69, 9.17) is 10.6 Å². The molecule has 0 aliphatic rings. The molecule has 1 amide bonds. The molecule has 2 aromatic carbocycles. The summed E-state index contributed by atoms with van der Waals surface area (Å²) in [7, 11) is 1.43. The van der Waals surface area contributed by atoms with E-state index in [0.717, 1.165) is 11.1 Å². The van der Waals surface area contributed by atoms with Gasteiger partial charge in [0.05, 0.1) is 18.9 Å². The van der Waals surface area contributed by atoms with Crippen LogP contribution in [0.1, 0.15) is 50.7 Å². The molecular formula is C23H38N4O4. The van der Waals surface area contributed by atoms with Gasteiger partial charge in [0, 0.05) is 0 Å². The summed E-state index contributed by atoms with van der Waals surface area (Å²) in [4.78, 5) is 23.0. The van der Waals surface area contributed by atoms with Gasteiger partial charge in [-0.3, -0.25) is 26.7 Å². The number of amides is 1. The predicted octanol–water partition coefficient (Wildman–Crippen LogP) is 2.01. The highest BCUT2D eigenvalue weighted by Crippen LogP contribution is 2.25. The molecule has 0 spiro atoms. The third-order valence-electron chi connectivity index (χ3n) is 4.53. The second kappa shape index (κ2) is 17.0. The summed E-state index contributed by atoms with van der Waals surface area (Å²) in [6, 6.07) is 19.4. The van der Waals surface area contributed by atoms with Crippen molar-refractivity contribution in [2.75, 3.05) is 7.11 Å². The van der Waals surface area contributed by atoms with Crippen molar-refractivity contribution in [2.24, 2.45) is 29.4 Å². The minimum absolute atomic E-state index is 0. The Morgan fingerprint density at radius 1 is 0.774 bits per heavy atom. The van der Waals surface area contributed by atoms with Crippen LogP contribution in [-0.2, 0) is 14.3 Å². The highest BCUT2D eigenvalue weighted by Gasteiger charge is 2.24. The quantitative estimate of drug-likeness (QED) is 0.235. The molecule has 0 heterocycles. The van der Waals surface area contributed by atoms with Crippen LogP contribution >= 0.6 is 0 Å². The van der Waals surface area contributed by atoms with E-state index < -0.39 is 0 Å². The number of carbonyl (C=O) groups excluding carboxylic acids is 2. The van der Waals surface area contributed by atoms with Crippen LogP contribution in [0.25, 0.3) is 0 Å². The maximum Gasteiger partial charge on any atom is 0.313 e. The first-order valence-corrected chi connectivity index (χ1v) is 9.84. The van der Waals surface area contributed by atoms with Crippen LogP contribution in [0.3, 0.4) is 0 Å². The van der Waals surface area contributed by atoms with Gasteiger partial charge < -0.3 is 10.2 Å². The normalized spacial score (nSPS) is 11.5. The van der Waals surface area contributed by atoms with Gasteiger partial charge in [-0.25, -0.2) is 5.84 Å². The standard InChI is InChI=1S/C12H16O2.C11H16N2O.H4N2.H2O/c1-9(2)11(12(13)14-3)10-7-5-4-6-8-10;1-8(2)10(11(14)13-12)9-6-4-3-5-7-9;1-2;/h4-9,11H,1-3H3;3-8,10H,12H2,1-2H3,(H,13,14);1-2H2;1H2. The van der Waals surface area contributed by atoms with Crippen LogP contribution in [0.15, 0.2) is 60.7 Å². The minimum Gasteiger partial charge on any atom is -0.469 e. The van der Waals surface area contributed by atoms with Gasteiger partial charge in [-0.15, -0.1) is 0 Å². The summed E-state index contributed by atoms with van der Waals surface area (Å²) < 4.78 is 4.79. The largest absolute Gasteiger partial charge is 0.469 e. The molecule has 2 rings (SSSR count). The van der Waals surface area contributed by atoms with E-state index in [1.165, 1.54) is 7.11 Å². The van der Waals surface area contributed by atoms with Crippen LogP contribution in [0.4, 0.5) is 0 Å². The molecule has 0 saturated carbocycles. The van der Waals surface area contributed by atoms with Gasteiger partial charge in [-0.05, 0) is 23.0 Å². The van der Waals surface area contributed by atoms with Crippen LogP contribution in [0.5, 0.6) is 0 Å². The van der Waals surface area contributed by atoms with Crippen molar-refractivity contribution in [3.8, 4) is 0 Å². The Bertz CT molecular complexity index is 661. The SMILES string of the molecule is CC(C)C(C(=O)NN)c1ccccc1.COC(=O)C(c1ccccc1)C(C)C.NN.O. The molecule has 174 valence electrons. The van der Waals surface area contributed by atoms with Crippen molar-refractivity contribution < 1.29 is 19.8 Å². The van der Waals surface area contributed by atoms with E-state index in [-0.39, 0.29) is 41.0 Å². The molecule has 8 nitrogen and oxygen atoms in total. The number of nitrogens with one attached hydrogen (secondary N) is 1. The van der Waals surface area contributed by atoms with Crippen molar-refractivity contribution in [3.05, 3.63) is 71.8 Å². The molecule has 0 saturated heterocycles. The zero-order chi connectivity index (χ0) is 23.1. The van der Waals surface area contributed by atoms with Crippen molar-refractivity contribution in [3.63, 3.8) is 0 Å². The Kier molecular flexibility index (Phi) is 16.6. The van der Waals surface area contributed by atoms with Crippen LogP contribution < -0.4 is 23.0 Å². The molecule has 0 radical (unpaired) electrons. The van der Waals surface area contributed by atoms with Crippen LogP contribution in [0, 0.1) is 11.8 Å². The monoisotopic (exact) mass is 434 g/mol. The summed E-state index contributed by atoms with van der Waals surface area (Å²) in [5.41, 5.74) is 4.23. The topological polar surface area (TPSA) is 165 Å². The van der Waals surface area contributed by atoms with Gasteiger partial charge >= 0.3 is 5.97 Å². The van der Waals surface area contributed by atoms with E-state index >= 15 is 0 Å². The number of carbonyl (C=O) groups is 2. The fourth-order valence-corrected chi connectivity index (χ4v) is 3.17. The molecule has 2 aromatic rings. The van der Waals surface area contributed by atoms with Crippen molar-refractivity contribution in [2.45, 2.75) is 39.5 Å². The molecule has 0 fully saturated rings. The molecular weight excluding hydrogens is 396 g/mol. The number of benzene rings is 2. The predicted molar refractivity (Wildman–Crippen MR) is 124 cm³/mol. The Morgan fingerprint density at radius 3 is 1.42 bits per heavy atom. The number of esters is 1. The lowest BCUT2D eigenvalue weighted by molar-refractivity contribution is -0.143. The second-order valence-corrected chi connectivity index (χ2v) is 7.30. The molecule has 0 aromatic heterocycles. The lowest BCUT2D eigenvalue weighted by Gasteiger charge is -2.19. The molecule has 2 atom stereocenters. The Morgan fingerprint density at radius 2 is 1.13 bits per heavy atom. The van der Waals surface area contributed by atoms with Gasteiger partial charge in [0.1, 0.15) is 0 Å². The van der Waals surface area contributed by atoms with E-state index in [2.05, 4.69) is 17.1 Å². The highest BCUT2D eigenvalue weighted by atomic mass is 16.5. The molecule has 9 N–H and O–H groups in total. The lowest BCUT2D eigenvalue weighted by atomic mass is 9.88. The molecule has 8 heteroatoms. The fourth-order valence-electron chi connectivity index (χ4n) is 3.17. The molecule has 0 aliphatic heterocycles. The van der Waals surface area contributed by atoms with Gasteiger partial charge in [0.25, 0.3) is 0 Å². The minimum atomic E-state index is -0.166. The molecule has 31 heavy (non-hydrogen) atoms. The number of ether oxygens (including phenoxy) is 1.